The van der Waals surface area contributed by atoms with Crippen molar-refractivity contribution < 1.29 is 9.53 Å². The molecule has 2 N–H and O–H groups in total. The van der Waals surface area contributed by atoms with Gasteiger partial charge in [-0.3, -0.25) is 4.79 Å². The lowest BCUT2D eigenvalue weighted by Crippen LogP contribution is -2.20. The molecule has 0 saturated heterocycles. The largest absolute Gasteiger partial charge is 0.493 e. The molecule has 2 aliphatic rings. The monoisotopic (exact) mass is 298 g/mol. The molecule has 1 aromatic heterocycles. The van der Waals surface area contributed by atoms with Gasteiger partial charge in [-0.25, -0.2) is 4.68 Å². The fourth-order valence-corrected chi connectivity index (χ4v) is 2.96. The number of amides is 1. The maximum Gasteiger partial charge on any atom is 0.255 e. The lowest BCUT2D eigenvalue weighted by Gasteiger charge is -2.18. The molecule has 0 unspecified atom stereocenters. The highest BCUT2D eigenvalue weighted by molar-refractivity contribution is 6.05. The molecule has 1 aromatic carbocycles. The Bertz CT molecular complexity index is 723. The fraction of sp³-hybridized carbons (Fsp3) is 0.375. The molecular formula is C16H18N4O2. The normalized spacial score (nSPS) is 16.0. The van der Waals surface area contributed by atoms with Crippen molar-refractivity contribution in [2.45, 2.75) is 25.8 Å². The van der Waals surface area contributed by atoms with Gasteiger partial charge in [-0.1, -0.05) is 0 Å². The molecule has 2 aromatic rings. The predicted molar refractivity (Wildman–Crippen MR) is 83.5 cm³/mol. The van der Waals surface area contributed by atoms with Gasteiger partial charge < -0.3 is 15.4 Å². The molecule has 3 heterocycles. The third-order valence-electron chi connectivity index (χ3n) is 4.10. The Morgan fingerprint density at radius 2 is 2.32 bits per heavy atom. The number of anilines is 2. The van der Waals surface area contributed by atoms with Gasteiger partial charge >= 0.3 is 0 Å². The van der Waals surface area contributed by atoms with E-state index in [0.717, 1.165) is 61.8 Å². The molecule has 0 radical (unpaired) electrons. The van der Waals surface area contributed by atoms with Crippen molar-refractivity contribution in [1.29, 1.82) is 0 Å². The summed E-state index contributed by atoms with van der Waals surface area (Å²) in [5.74, 6) is 1.67. The van der Waals surface area contributed by atoms with Crippen molar-refractivity contribution in [2.24, 2.45) is 0 Å². The number of aromatic nitrogens is 2. The maximum atomic E-state index is 12.5. The van der Waals surface area contributed by atoms with E-state index in [9.17, 15) is 4.79 Å². The Morgan fingerprint density at radius 1 is 1.36 bits per heavy atom. The first-order valence-corrected chi connectivity index (χ1v) is 7.68. The molecule has 0 bridgehead atoms. The number of aryl methyl sites for hydroxylation is 2. The molecule has 4 rings (SSSR count). The number of hydrogen-bond donors (Lipinski definition) is 2. The minimum atomic E-state index is -0.114. The topological polar surface area (TPSA) is 68.2 Å². The summed E-state index contributed by atoms with van der Waals surface area (Å²) in [6.07, 6.45) is 4.71. The Hall–Kier alpha value is -2.50. The van der Waals surface area contributed by atoms with Crippen LogP contribution in [0.25, 0.3) is 0 Å². The van der Waals surface area contributed by atoms with Crippen molar-refractivity contribution in [3.05, 3.63) is 35.5 Å². The van der Waals surface area contributed by atoms with Crippen LogP contribution in [0.1, 0.15) is 28.8 Å². The van der Waals surface area contributed by atoms with E-state index in [0.29, 0.717) is 5.56 Å². The summed E-state index contributed by atoms with van der Waals surface area (Å²) in [4.78, 5) is 12.5. The van der Waals surface area contributed by atoms with Crippen LogP contribution in [0.15, 0.2) is 24.4 Å². The van der Waals surface area contributed by atoms with Crippen LogP contribution in [-0.2, 0) is 13.0 Å². The predicted octanol–water partition coefficient (Wildman–Crippen LogP) is 2.28. The molecule has 0 spiro atoms. The molecular weight excluding hydrogens is 280 g/mol. The lowest BCUT2D eigenvalue weighted by molar-refractivity contribution is 0.102. The summed E-state index contributed by atoms with van der Waals surface area (Å²) in [5, 5.41) is 10.5. The zero-order valence-electron chi connectivity index (χ0n) is 12.3. The molecule has 114 valence electrons. The number of benzene rings is 1. The molecule has 0 saturated carbocycles. The first-order valence-electron chi connectivity index (χ1n) is 7.68. The average Bonchev–Trinajstić information content (AvgIpc) is 2.97. The molecule has 0 aliphatic carbocycles. The molecule has 6 nitrogen and oxygen atoms in total. The molecule has 2 aliphatic heterocycles. The van der Waals surface area contributed by atoms with Crippen molar-refractivity contribution in [1.82, 2.24) is 9.78 Å². The third-order valence-corrected chi connectivity index (χ3v) is 4.10. The summed E-state index contributed by atoms with van der Waals surface area (Å²) in [6, 6.07) is 5.62. The summed E-state index contributed by atoms with van der Waals surface area (Å²) in [7, 11) is 0. The second-order valence-electron chi connectivity index (χ2n) is 5.64. The van der Waals surface area contributed by atoms with E-state index in [-0.39, 0.29) is 5.91 Å². The Labute approximate surface area is 128 Å². The van der Waals surface area contributed by atoms with Gasteiger partial charge in [0.2, 0.25) is 0 Å². The lowest BCUT2D eigenvalue weighted by atomic mass is 10.0. The zero-order chi connectivity index (χ0) is 14.9. The molecule has 1 amide bonds. The summed E-state index contributed by atoms with van der Waals surface area (Å²) in [5.41, 5.74) is 2.49. The second-order valence-corrected chi connectivity index (χ2v) is 5.64. The number of fused-ring (bicyclic) bond motifs is 2. The first-order chi connectivity index (χ1) is 10.8. The van der Waals surface area contributed by atoms with Gasteiger partial charge in [0.05, 0.1) is 12.8 Å². The fourth-order valence-electron chi connectivity index (χ4n) is 2.96. The van der Waals surface area contributed by atoms with Gasteiger partial charge in [-0.05, 0) is 43.0 Å². The number of ether oxygens (including phenoxy) is 1. The van der Waals surface area contributed by atoms with E-state index in [1.165, 1.54) is 0 Å². The highest BCUT2D eigenvalue weighted by Crippen LogP contribution is 2.27. The molecule has 0 fully saturated rings. The molecule has 22 heavy (non-hydrogen) atoms. The van der Waals surface area contributed by atoms with Gasteiger partial charge in [0.15, 0.2) is 0 Å². The number of rotatable bonds is 2. The first kappa shape index (κ1) is 13.2. The van der Waals surface area contributed by atoms with Crippen LogP contribution in [0.4, 0.5) is 11.5 Å². The quantitative estimate of drug-likeness (QED) is 0.892. The molecule has 0 atom stereocenters. The van der Waals surface area contributed by atoms with E-state index in [2.05, 4.69) is 15.7 Å². The number of nitrogens with zero attached hydrogens (tertiary/aromatic N) is 2. The number of hydrogen-bond acceptors (Lipinski definition) is 4. The van der Waals surface area contributed by atoms with Crippen LogP contribution in [0.2, 0.25) is 0 Å². The van der Waals surface area contributed by atoms with E-state index in [1.54, 1.807) is 6.20 Å². The van der Waals surface area contributed by atoms with Crippen molar-refractivity contribution >= 4 is 17.4 Å². The minimum absolute atomic E-state index is 0.114. The number of nitrogens with one attached hydrogen (secondary N) is 2. The second kappa shape index (κ2) is 5.36. The van der Waals surface area contributed by atoms with E-state index in [1.807, 2.05) is 22.9 Å². The third kappa shape index (κ3) is 2.30. The summed E-state index contributed by atoms with van der Waals surface area (Å²) < 4.78 is 7.47. The van der Waals surface area contributed by atoms with Gasteiger partial charge in [0.25, 0.3) is 5.91 Å². The van der Waals surface area contributed by atoms with Crippen LogP contribution in [-0.4, -0.2) is 28.8 Å². The SMILES string of the molecule is O=C(Nc1cnn2c1NCCC2)c1ccc2c(c1)CCCO2. The standard InChI is InChI=1S/C16H18N4O2/c21-16(12-4-5-14-11(9-12)3-1-8-22-14)19-13-10-18-20-7-2-6-17-15(13)20/h4-5,9-10,17H,1-3,6-8H2,(H,19,21). The van der Waals surface area contributed by atoms with Crippen molar-refractivity contribution in [3.8, 4) is 5.75 Å². The van der Waals surface area contributed by atoms with E-state index in [4.69, 9.17) is 4.74 Å². The zero-order valence-corrected chi connectivity index (χ0v) is 12.3. The smallest absolute Gasteiger partial charge is 0.255 e. The van der Waals surface area contributed by atoms with Gasteiger partial charge in [0, 0.05) is 18.7 Å². The van der Waals surface area contributed by atoms with Gasteiger partial charge in [-0.15, -0.1) is 0 Å². The van der Waals surface area contributed by atoms with Crippen LogP contribution in [0.5, 0.6) is 5.75 Å². The highest BCUT2D eigenvalue weighted by atomic mass is 16.5. The van der Waals surface area contributed by atoms with Crippen LogP contribution in [0.3, 0.4) is 0 Å². The Balaban J connectivity index is 1.56. The minimum Gasteiger partial charge on any atom is -0.493 e. The van der Waals surface area contributed by atoms with Crippen molar-refractivity contribution in [2.75, 3.05) is 23.8 Å². The van der Waals surface area contributed by atoms with Gasteiger partial charge in [0.1, 0.15) is 17.3 Å². The van der Waals surface area contributed by atoms with Crippen molar-refractivity contribution in [3.63, 3.8) is 0 Å². The Kier molecular flexibility index (Phi) is 3.21. The number of carbonyl (C=O) groups excluding carboxylic acids is 1. The Morgan fingerprint density at radius 3 is 3.27 bits per heavy atom. The van der Waals surface area contributed by atoms with Gasteiger partial charge in [-0.2, -0.15) is 5.10 Å². The van der Waals surface area contributed by atoms with E-state index < -0.39 is 0 Å². The summed E-state index contributed by atoms with van der Waals surface area (Å²) >= 11 is 0. The van der Waals surface area contributed by atoms with E-state index >= 15 is 0 Å². The number of carbonyl (C=O) groups is 1. The average molecular weight is 298 g/mol. The molecule has 6 heteroatoms. The van der Waals surface area contributed by atoms with Crippen LogP contribution >= 0.6 is 0 Å². The van der Waals surface area contributed by atoms with Crippen LogP contribution < -0.4 is 15.4 Å². The van der Waals surface area contributed by atoms with Crippen LogP contribution in [0, 0.1) is 0 Å². The highest BCUT2D eigenvalue weighted by Gasteiger charge is 2.18. The summed E-state index contributed by atoms with van der Waals surface area (Å²) in [6.45, 7) is 2.55. The maximum absolute atomic E-state index is 12.5.